The van der Waals surface area contributed by atoms with Crippen LogP contribution >= 0.6 is 0 Å². The monoisotopic (exact) mass is 324 g/mol. The highest BCUT2D eigenvalue weighted by atomic mass is 32.2. The summed E-state index contributed by atoms with van der Waals surface area (Å²) in [5.41, 5.74) is 0.644. The number of sulfonamides is 1. The van der Waals surface area contributed by atoms with Crippen LogP contribution in [0.3, 0.4) is 0 Å². The van der Waals surface area contributed by atoms with Crippen LogP contribution in [-0.2, 0) is 21.4 Å². The van der Waals surface area contributed by atoms with Gasteiger partial charge < -0.3 is 9.26 Å². The Bertz CT molecular complexity index is 780. The van der Waals surface area contributed by atoms with Crippen molar-refractivity contribution in [3.8, 4) is 0 Å². The molecular weight excluding hydrogens is 308 g/mol. The smallest absolute Gasteiger partial charge is 0.338 e. The van der Waals surface area contributed by atoms with Gasteiger partial charge in [-0.05, 0) is 25.1 Å². The Kier molecular flexibility index (Phi) is 4.62. The van der Waals surface area contributed by atoms with Gasteiger partial charge in [-0.25, -0.2) is 17.5 Å². The van der Waals surface area contributed by atoms with Crippen molar-refractivity contribution >= 4 is 16.0 Å². The molecule has 22 heavy (non-hydrogen) atoms. The van der Waals surface area contributed by atoms with E-state index in [1.165, 1.54) is 38.4 Å². The van der Waals surface area contributed by atoms with Crippen LogP contribution in [0.2, 0.25) is 0 Å². The Morgan fingerprint density at radius 3 is 2.64 bits per heavy atom. The Labute approximate surface area is 128 Å². The summed E-state index contributed by atoms with van der Waals surface area (Å²) in [5, 5.41) is 3.71. The normalized spacial score (nSPS) is 11.6. The van der Waals surface area contributed by atoms with E-state index >= 15 is 0 Å². The molecule has 7 nitrogen and oxygen atoms in total. The summed E-state index contributed by atoms with van der Waals surface area (Å²) in [4.78, 5) is 12.0. The average Bonchev–Trinajstić information content (AvgIpc) is 2.90. The number of carbonyl (C=O) groups excluding carboxylic acids is 1. The molecule has 0 aliphatic heterocycles. The van der Waals surface area contributed by atoms with Gasteiger partial charge in [-0.2, -0.15) is 0 Å². The van der Waals surface area contributed by atoms with Crippen molar-refractivity contribution in [2.24, 2.45) is 0 Å². The summed E-state index contributed by atoms with van der Waals surface area (Å²) in [6.45, 7) is 1.69. The van der Waals surface area contributed by atoms with Crippen molar-refractivity contribution in [3.05, 3.63) is 47.3 Å². The van der Waals surface area contributed by atoms with Gasteiger partial charge in [0.25, 0.3) is 0 Å². The number of rotatable bonds is 5. The predicted octanol–water partition coefficient (Wildman–Crippen LogP) is 1.59. The molecule has 1 aromatic carbocycles. The van der Waals surface area contributed by atoms with Crippen LogP contribution in [0, 0.1) is 6.92 Å². The molecule has 1 aromatic heterocycles. The minimum atomic E-state index is -3.60. The minimum absolute atomic E-state index is 0.0317. The van der Waals surface area contributed by atoms with Crippen molar-refractivity contribution in [3.63, 3.8) is 0 Å². The molecule has 0 N–H and O–H groups in total. The van der Waals surface area contributed by atoms with Gasteiger partial charge in [0.1, 0.15) is 18.1 Å². The van der Waals surface area contributed by atoms with E-state index in [-0.39, 0.29) is 17.1 Å². The number of esters is 1. The van der Waals surface area contributed by atoms with E-state index < -0.39 is 16.0 Å². The molecule has 0 aliphatic carbocycles. The minimum Gasteiger partial charge on any atom is -0.455 e. The van der Waals surface area contributed by atoms with Crippen molar-refractivity contribution in [1.29, 1.82) is 0 Å². The fourth-order valence-corrected chi connectivity index (χ4v) is 2.65. The predicted molar refractivity (Wildman–Crippen MR) is 77.7 cm³/mol. The number of aromatic nitrogens is 1. The van der Waals surface area contributed by atoms with Crippen LogP contribution in [-0.4, -0.2) is 37.9 Å². The second-order valence-corrected chi connectivity index (χ2v) is 6.97. The second kappa shape index (κ2) is 6.29. The van der Waals surface area contributed by atoms with Crippen LogP contribution in [0.15, 0.2) is 39.8 Å². The maximum absolute atomic E-state index is 12.0. The van der Waals surface area contributed by atoms with Gasteiger partial charge in [-0.15, -0.1) is 0 Å². The first kappa shape index (κ1) is 16.2. The van der Waals surface area contributed by atoms with E-state index in [0.717, 1.165) is 4.31 Å². The van der Waals surface area contributed by atoms with Gasteiger partial charge in [-0.1, -0.05) is 11.2 Å². The van der Waals surface area contributed by atoms with Crippen LogP contribution in [0.25, 0.3) is 0 Å². The standard InChI is InChI=1S/C14H16N2O5S/c1-10-7-12(15-21-10)9-20-14(17)11-5-4-6-13(8-11)22(18,19)16(2)3/h4-8H,9H2,1-3H3. The lowest BCUT2D eigenvalue weighted by molar-refractivity contribution is 0.0464. The molecule has 0 unspecified atom stereocenters. The molecule has 0 aliphatic rings. The Balaban J connectivity index is 2.14. The fourth-order valence-electron chi connectivity index (χ4n) is 1.70. The molecule has 8 heteroatoms. The lowest BCUT2D eigenvalue weighted by Gasteiger charge is -2.12. The third kappa shape index (κ3) is 3.52. The number of nitrogens with zero attached hydrogens (tertiary/aromatic N) is 2. The highest BCUT2D eigenvalue weighted by Gasteiger charge is 2.19. The second-order valence-electron chi connectivity index (χ2n) is 4.82. The van der Waals surface area contributed by atoms with Crippen molar-refractivity contribution in [2.75, 3.05) is 14.1 Å². The number of aryl methyl sites for hydroxylation is 1. The summed E-state index contributed by atoms with van der Waals surface area (Å²) in [7, 11) is -0.751. The third-order valence-electron chi connectivity index (χ3n) is 2.88. The van der Waals surface area contributed by atoms with E-state index in [2.05, 4.69) is 5.16 Å². The molecule has 2 rings (SSSR count). The van der Waals surface area contributed by atoms with E-state index in [9.17, 15) is 13.2 Å². The first-order chi connectivity index (χ1) is 10.3. The van der Waals surface area contributed by atoms with E-state index in [0.29, 0.717) is 11.5 Å². The van der Waals surface area contributed by atoms with E-state index in [4.69, 9.17) is 9.26 Å². The van der Waals surface area contributed by atoms with Crippen LogP contribution in [0.5, 0.6) is 0 Å². The van der Waals surface area contributed by atoms with Crippen LogP contribution < -0.4 is 0 Å². The maximum Gasteiger partial charge on any atom is 0.338 e. The molecule has 0 fully saturated rings. The Morgan fingerprint density at radius 1 is 1.32 bits per heavy atom. The summed E-state index contributed by atoms with van der Waals surface area (Å²) < 4.78 is 35.1. The molecule has 0 saturated heterocycles. The van der Waals surface area contributed by atoms with Gasteiger partial charge >= 0.3 is 5.97 Å². The van der Waals surface area contributed by atoms with Crippen molar-refractivity contribution in [2.45, 2.75) is 18.4 Å². The molecule has 0 radical (unpaired) electrons. The van der Waals surface area contributed by atoms with Gasteiger partial charge in [-0.3, -0.25) is 0 Å². The van der Waals surface area contributed by atoms with Gasteiger partial charge in [0.2, 0.25) is 10.0 Å². The summed E-state index contributed by atoms with van der Waals surface area (Å²) in [5.74, 6) is -0.0124. The quantitative estimate of drug-likeness (QED) is 0.776. The van der Waals surface area contributed by atoms with Crippen LogP contribution in [0.1, 0.15) is 21.8 Å². The molecule has 0 spiro atoms. The summed E-state index contributed by atoms with van der Waals surface area (Å²) in [6, 6.07) is 7.34. The number of ether oxygens (including phenoxy) is 1. The van der Waals surface area contributed by atoms with Crippen molar-refractivity contribution in [1.82, 2.24) is 9.46 Å². The Morgan fingerprint density at radius 2 is 2.05 bits per heavy atom. The first-order valence-corrected chi connectivity index (χ1v) is 7.86. The maximum atomic E-state index is 12.0. The summed E-state index contributed by atoms with van der Waals surface area (Å²) in [6.07, 6.45) is 0. The number of hydrogen-bond acceptors (Lipinski definition) is 6. The third-order valence-corrected chi connectivity index (χ3v) is 4.69. The first-order valence-electron chi connectivity index (χ1n) is 6.42. The van der Waals surface area contributed by atoms with Crippen LogP contribution in [0.4, 0.5) is 0 Å². The lowest BCUT2D eigenvalue weighted by Crippen LogP contribution is -2.22. The highest BCUT2D eigenvalue weighted by Crippen LogP contribution is 2.16. The SMILES string of the molecule is Cc1cc(COC(=O)c2cccc(S(=O)(=O)N(C)C)c2)no1. The summed E-state index contributed by atoms with van der Waals surface area (Å²) >= 11 is 0. The number of carbonyl (C=O) groups is 1. The zero-order valence-corrected chi connectivity index (χ0v) is 13.3. The average molecular weight is 324 g/mol. The lowest BCUT2D eigenvalue weighted by atomic mass is 10.2. The molecule has 0 atom stereocenters. The fraction of sp³-hybridized carbons (Fsp3) is 0.286. The molecule has 2 aromatic rings. The molecule has 0 bridgehead atoms. The topological polar surface area (TPSA) is 89.7 Å². The molecule has 118 valence electrons. The Hall–Kier alpha value is -2.19. The van der Waals surface area contributed by atoms with Gasteiger partial charge in [0.05, 0.1) is 10.5 Å². The highest BCUT2D eigenvalue weighted by molar-refractivity contribution is 7.89. The van der Waals surface area contributed by atoms with Gasteiger partial charge in [0.15, 0.2) is 0 Å². The molecule has 0 amide bonds. The number of benzene rings is 1. The zero-order valence-electron chi connectivity index (χ0n) is 12.4. The van der Waals surface area contributed by atoms with Gasteiger partial charge in [0, 0.05) is 20.2 Å². The molecule has 0 saturated carbocycles. The zero-order chi connectivity index (χ0) is 16.3. The van der Waals surface area contributed by atoms with E-state index in [1.54, 1.807) is 13.0 Å². The molecular formula is C14H16N2O5S. The van der Waals surface area contributed by atoms with E-state index in [1.807, 2.05) is 0 Å². The largest absolute Gasteiger partial charge is 0.455 e. The molecule has 1 heterocycles. The number of hydrogen-bond donors (Lipinski definition) is 0. The van der Waals surface area contributed by atoms with Crippen molar-refractivity contribution < 1.29 is 22.5 Å².